The maximum atomic E-state index is 13.8. The number of imidazole rings is 2. The second-order valence-electron chi connectivity index (χ2n) is 11.5. The van der Waals surface area contributed by atoms with E-state index in [1.807, 2.05) is 0 Å². The molecule has 0 aromatic carbocycles. The Morgan fingerprint density at radius 1 is 0.870 bits per heavy atom. The Labute approximate surface area is 267 Å². The van der Waals surface area contributed by atoms with Crippen LogP contribution < -0.4 is 11.5 Å². The molecule has 0 amide bonds. The highest BCUT2D eigenvalue weighted by molar-refractivity contribution is 8.44. The number of aliphatic hydroxyl groups is 1. The first-order valence-corrected chi connectivity index (χ1v) is 19.2. The van der Waals surface area contributed by atoms with Crippen LogP contribution >= 0.6 is 38.1 Å². The van der Waals surface area contributed by atoms with Crippen molar-refractivity contribution in [3.05, 3.63) is 25.3 Å². The lowest BCUT2D eigenvalue weighted by Crippen LogP contribution is -2.77. The third kappa shape index (κ3) is 4.20. The predicted molar refractivity (Wildman–Crippen MR) is 159 cm³/mol. The molecule has 2 spiro atoms. The Kier molecular flexibility index (Phi) is 6.32. The smallest absolute Gasteiger partial charge is 0.387 e. The molecule has 20 nitrogen and oxygen atoms in total. The van der Waals surface area contributed by atoms with Gasteiger partial charge in [-0.05, 0) is 0 Å². The molecule has 5 saturated heterocycles. The van der Waals surface area contributed by atoms with E-state index in [4.69, 9.17) is 43.8 Å². The van der Waals surface area contributed by atoms with Gasteiger partial charge in [-0.1, -0.05) is 24.5 Å². The molecule has 4 bridgehead atoms. The second kappa shape index (κ2) is 9.80. The lowest BCUT2D eigenvalue weighted by molar-refractivity contribution is -0.421. The summed E-state index contributed by atoms with van der Waals surface area (Å²) >= 11 is 8.43. The quantitative estimate of drug-likeness (QED) is 0.143. The van der Waals surface area contributed by atoms with Gasteiger partial charge in [-0.2, -0.15) is 0 Å². The van der Waals surface area contributed by atoms with E-state index in [1.54, 1.807) is 4.57 Å². The number of anilines is 2. The molecule has 5 aliphatic heterocycles. The van der Waals surface area contributed by atoms with E-state index in [1.165, 1.54) is 29.9 Å². The van der Waals surface area contributed by atoms with Crippen LogP contribution in [0.1, 0.15) is 18.9 Å². The van der Waals surface area contributed by atoms with Gasteiger partial charge in [0.25, 0.3) is 0 Å². The summed E-state index contributed by atoms with van der Waals surface area (Å²) in [6, 6.07) is 0. The monoisotopic (exact) mass is 714 g/mol. The number of nitrogens with two attached hydrogens (primary N) is 2. The third-order valence-corrected chi connectivity index (χ3v) is 12.1. The summed E-state index contributed by atoms with van der Waals surface area (Å²) in [6.07, 6.45) is -1.26. The molecule has 10 rings (SSSR count). The molecule has 24 heteroatoms. The van der Waals surface area contributed by atoms with Crippen molar-refractivity contribution >= 4 is 72.1 Å². The average Bonchev–Trinajstić information content (AvgIpc) is 3.71. The standard InChI is InChI=1S/C22H24N10O10P2S2/c23-15-9-17(27-4-25-15)31(6-29-9)19-12-11(33)8(38-19)1-36-44(35,46)42-22-2-21(3-37-43(34,45)41-12)14(22)13(39-22)20(40-21)32-7-30-10-16(24)26-5-28-18(10)32/h4-8,11-14,19-20,33H,1-3H2,(H,34,45)(H,35,46)(H2,23,25,27)(H2,24,26,28)/t8-,11-,12-,13-,14+,19-,20-,21-,22-,43-,44-/m1/s1. The lowest BCUT2D eigenvalue weighted by atomic mass is 9.59. The number of rotatable bonds is 2. The van der Waals surface area contributed by atoms with Crippen molar-refractivity contribution in [1.82, 2.24) is 39.0 Å². The van der Waals surface area contributed by atoms with Gasteiger partial charge in [0.1, 0.15) is 53.7 Å². The number of thiol groups is 2. The first-order valence-electron chi connectivity index (χ1n) is 13.8. The lowest BCUT2D eigenvalue weighted by Gasteiger charge is -2.64. The molecule has 1 saturated carbocycles. The summed E-state index contributed by atoms with van der Waals surface area (Å²) in [5.74, 6) is -1.71. The minimum atomic E-state index is -4.25. The van der Waals surface area contributed by atoms with E-state index in [-0.39, 0.29) is 35.8 Å². The zero-order valence-electron chi connectivity index (χ0n) is 23.1. The van der Waals surface area contributed by atoms with Gasteiger partial charge in [-0.15, -0.1) is 0 Å². The van der Waals surface area contributed by atoms with Crippen molar-refractivity contribution in [2.24, 2.45) is 5.92 Å². The fourth-order valence-electron chi connectivity index (χ4n) is 7.01. The summed E-state index contributed by atoms with van der Waals surface area (Å²) in [7, 11) is 0. The number of aliphatic hydroxyl groups excluding tert-OH is 1. The van der Waals surface area contributed by atoms with E-state index < -0.39 is 74.4 Å². The summed E-state index contributed by atoms with van der Waals surface area (Å²) in [5, 5.41) is 11.3. The van der Waals surface area contributed by atoms with Gasteiger partial charge in [-0.25, -0.2) is 39.0 Å². The predicted octanol–water partition coefficient (Wildman–Crippen LogP) is 0.996. The number of nitrogens with zero attached hydrogens (tertiary/aromatic N) is 8. The number of hydrogen-bond acceptors (Lipinski definition) is 18. The van der Waals surface area contributed by atoms with Gasteiger partial charge in [0, 0.05) is 6.42 Å². The molecule has 244 valence electrons. The van der Waals surface area contributed by atoms with Crippen LogP contribution in [-0.4, -0.2) is 93.2 Å². The zero-order chi connectivity index (χ0) is 31.8. The molecule has 11 atom stereocenters. The van der Waals surface area contributed by atoms with Crippen molar-refractivity contribution in [3.8, 4) is 0 Å². The second-order valence-corrected chi connectivity index (χ2v) is 17.2. The highest BCUT2D eigenvalue weighted by Gasteiger charge is 2.84. The topological polar surface area (TPSA) is 258 Å². The van der Waals surface area contributed by atoms with Crippen LogP contribution in [0.25, 0.3) is 22.3 Å². The fraction of sp³-hybridized carbons (Fsp3) is 0.545. The maximum absolute atomic E-state index is 13.8. The molecular weight excluding hydrogens is 690 g/mol. The molecule has 9 heterocycles. The Hall–Kier alpha value is -2.46. The number of aromatic nitrogens is 8. The van der Waals surface area contributed by atoms with Crippen LogP contribution in [0.4, 0.5) is 11.6 Å². The molecule has 5 N–H and O–H groups in total. The van der Waals surface area contributed by atoms with Crippen LogP contribution in [0.3, 0.4) is 0 Å². The molecule has 0 radical (unpaired) electrons. The van der Waals surface area contributed by atoms with Gasteiger partial charge in [0.05, 0.1) is 31.8 Å². The Balaban J connectivity index is 1.06. The molecule has 46 heavy (non-hydrogen) atoms. The Morgan fingerprint density at radius 3 is 2.20 bits per heavy atom. The van der Waals surface area contributed by atoms with Crippen LogP contribution in [0.5, 0.6) is 0 Å². The molecule has 4 aromatic rings. The number of fused-ring (bicyclic) bond motifs is 8. The first-order chi connectivity index (χ1) is 21.9. The van der Waals surface area contributed by atoms with E-state index in [2.05, 4.69) is 54.4 Å². The van der Waals surface area contributed by atoms with Gasteiger partial charge < -0.3 is 30.8 Å². The highest BCUT2D eigenvalue weighted by Crippen LogP contribution is 2.75. The summed E-state index contributed by atoms with van der Waals surface area (Å²) in [6.45, 7) is -9.16. The van der Waals surface area contributed by atoms with Gasteiger partial charge in [-0.3, -0.25) is 27.2 Å². The normalized spacial score (nSPS) is 43.6. The molecule has 4 aromatic heterocycles. The zero-order valence-corrected chi connectivity index (χ0v) is 26.7. The minimum Gasteiger partial charge on any atom is -0.387 e. The van der Waals surface area contributed by atoms with Crippen molar-refractivity contribution in [3.63, 3.8) is 0 Å². The molecule has 0 unspecified atom stereocenters. The van der Waals surface area contributed by atoms with Gasteiger partial charge in [0.15, 0.2) is 41.2 Å². The van der Waals surface area contributed by atoms with Crippen LogP contribution in [0.15, 0.2) is 25.3 Å². The van der Waals surface area contributed by atoms with E-state index in [9.17, 15) is 14.2 Å². The van der Waals surface area contributed by atoms with Crippen molar-refractivity contribution in [1.29, 1.82) is 0 Å². The van der Waals surface area contributed by atoms with Crippen LogP contribution in [-0.2, 0) is 41.4 Å². The van der Waals surface area contributed by atoms with Crippen molar-refractivity contribution < 1.29 is 46.5 Å². The van der Waals surface area contributed by atoms with Crippen molar-refractivity contribution in [2.75, 3.05) is 24.7 Å². The largest absolute Gasteiger partial charge is 0.388 e. The average molecular weight is 715 g/mol. The van der Waals surface area contributed by atoms with Crippen LogP contribution in [0.2, 0.25) is 0 Å². The van der Waals surface area contributed by atoms with E-state index in [0.29, 0.717) is 11.2 Å². The molecule has 1 aliphatic carbocycles. The summed E-state index contributed by atoms with van der Waals surface area (Å²) in [4.78, 5) is 24.9. The maximum Gasteiger partial charge on any atom is 0.388 e. The van der Waals surface area contributed by atoms with Crippen LogP contribution in [0, 0.1) is 5.92 Å². The summed E-state index contributed by atoms with van der Waals surface area (Å²) < 4.78 is 72.4. The van der Waals surface area contributed by atoms with Gasteiger partial charge in [0.2, 0.25) is 0 Å². The Morgan fingerprint density at radius 2 is 1.52 bits per heavy atom. The molecule has 6 fully saturated rings. The summed E-state index contributed by atoms with van der Waals surface area (Å²) in [5.41, 5.74) is 12.0. The number of hydrogen-bond donors (Lipinski definition) is 5. The molecule has 6 aliphatic rings. The SMILES string of the molecule is Nc1ncnc2c1ncn2[C@@H]1O[C@@H]2CO[P@@](=O)(S)O[C@@]34C[C@]5(CO[P@@](=O)(S)O[C@@H]1[C@@H]2O)O[C@@H](n1cnc2c(N)ncnc21)[C@H](O3)[C@@H]54. The third-order valence-electron chi connectivity index (χ3n) is 8.92. The number of nitrogen functional groups attached to an aromatic ring is 2. The van der Waals surface area contributed by atoms with E-state index >= 15 is 0 Å². The highest BCUT2D eigenvalue weighted by atomic mass is 32.7. The fourth-order valence-corrected chi connectivity index (χ4v) is 10.1. The minimum absolute atomic E-state index is 0.0138. The van der Waals surface area contributed by atoms with Crippen molar-refractivity contribution in [2.45, 2.75) is 54.7 Å². The molecular formula is C22H24N10O10P2S2. The van der Waals surface area contributed by atoms with E-state index in [0.717, 1.165) is 0 Å². The Bertz CT molecular complexity index is 2020. The first kappa shape index (κ1) is 29.7. The number of ether oxygens (including phenoxy) is 3. The van der Waals surface area contributed by atoms with Gasteiger partial charge >= 0.3 is 13.6 Å².